The van der Waals surface area contributed by atoms with Gasteiger partial charge in [-0.05, 0) is 30.0 Å². The number of aromatic nitrogens is 2. The molecule has 1 heterocycles. The van der Waals surface area contributed by atoms with Crippen LogP contribution >= 0.6 is 12.2 Å². The van der Waals surface area contributed by atoms with Gasteiger partial charge in [0.2, 0.25) is 0 Å². The van der Waals surface area contributed by atoms with Gasteiger partial charge in [0, 0.05) is 5.56 Å². The molecule has 1 N–H and O–H groups in total. The summed E-state index contributed by atoms with van der Waals surface area (Å²) in [7, 11) is 0. The Morgan fingerprint density at radius 3 is 2.83 bits per heavy atom. The topological polar surface area (TPSA) is 28.7 Å². The van der Waals surface area contributed by atoms with Gasteiger partial charge in [0.25, 0.3) is 0 Å². The predicted octanol–water partition coefficient (Wildman–Crippen LogP) is 4.32. The van der Waals surface area contributed by atoms with Gasteiger partial charge in [0.15, 0.2) is 0 Å². The molecule has 2 rings (SSSR count). The molecule has 0 bridgehead atoms. The number of nitrogens with zero attached hydrogens (tertiary/aromatic N) is 1. The Morgan fingerprint density at radius 1 is 1.28 bits per heavy atom. The van der Waals surface area contributed by atoms with Gasteiger partial charge in [0.05, 0.1) is 12.0 Å². The monoisotopic (exact) mass is 258 g/mol. The van der Waals surface area contributed by atoms with Crippen LogP contribution in [0.2, 0.25) is 0 Å². The Hall–Kier alpha value is -1.48. The molecule has 0 unspecified atom stereocenters. The number of hydrogen-bond acceptors (Lipinski definition) is 2. The van der Waals surface area contributed by atoms with Gasteiger partial charge < -0.3 is 4.98 Å². The van der Waals surface area contributed by atoms with E-state index in [1.54, 1.807) is 6.33 Å². The molecule has 0 spiro atoms. The van der Waals surface area contributed by atoms with Gasteiger partial charge in [-0.1, -0.05) is 50.7 Å². The van der Waals surface area contributed by atoms with E-state index in [1.807, 2.05) is 0 Å². The summed E-state index contributed by atoms with van der Waals surface area (Å²) in [6, 6.07) is 8.60. The average molecular weight is 258 g/mol. The molecule has 18 heavy (non-hydrogen) atoms. The molecule has 2 nitrogen and oxygen atoms in total. The van der Waals surface area contributed by atoms with Crippen molar-refractivity contribution in [2.75, 3.05) is 0 Å². The molecule has 0 fully saturated rings. The first-order chi connectivity index (χ1) is 8.76. The smallest absolute Gasteiger partial charge is 0.133 e. The van der Waals surface area contributed by atoms with E-state index < -0.39 is 0 Å². The summed E-state index contributed by atoms with van der Waals surface area (Å²) in [5, 5.41) is 0. The highest BCUT2D eigenvalue weighted by molar-refractivity contribution is 7.71. The zero-order valence-corrected chi connectivity index (χ0v) is 11.7. The van der Waals surface area contributed by atoms with Crippen LogP contribution in [0.5, 0.6) is 0 Å². The van der Waals surface area contributed by atoms with Crippen molar-refractivity contribution in [3.05, 3.63) is 46.4 Å². The Labute approximate surface area is 113 Å². The van der Waals surface area contributed by atoms with Gasteiger partial charge >= 0.3 is 0 Å². The minimum atomic E-state index is 0.715. The fourth-order valence-corrected chi connectivity index (χ4v) is 2.37. The summed E-state index contributed by atoms with van der Waals surface area (Å²) in [5.41, 5.74) is 4.81. The van der Waals surface area contributed by atoms with Crippen LogP contribution in [0.15, 0.2) is 30.6 Å². The van der Waals surface area contributed by atoms with Crippen LogP contribution in [0.4, 0.5) is 0 Å². The van der Waals surface area contributed by atoms with E-state index in [1.165, 1.54) is 11.1 Å². The summed E-state index contributed by atoms with van der Waals surface area (Å²) in [4.78, 5) is 7.44. The Balaban J connectivity index is 2.55. The molecule has 1 aromatic carbocycles. The quantitative estimate of drug-likeness (QED) is 0.827. The van der Waals surface area contributed by atoms with Crippen LogP contribution < -0.4 is 0 Å². The zero-order valence-electron chi connectivity index (χ0n) is 10.9. The predicted molar refractivity (Wildman–Crippen MR) is 78.2 cm³/mol. The highest BCUT2D eigenvalue weighted by Gasteiger charge is 2.07. The maximum absolute atomic E-state index is 5.34. The normalized spacial score (nSPS) is 10.6. The van der Waals surface area contributed by atoms with E-state index in [2.05, 4.69) is 48.1 Å². The zero-order chi connectivity index (χ0) is 13.0. The molecular weight excluding hydrogens is 240 g/mol. The molecule has 2 aromatic rings. The number of nitrogens with one attached hydrogen (secondary N) is 1. The van der Waals surface area contributed by atoms with Crippen molar-refractivity contribution in [3.63, 3.8) is 0 Å². The summed E-state index contributed by atoms with van der Waals surface area (Å²) in [6.07, 6.45) is 4.77. The summed E-state index contributed by atoms with van der Waals surface area (Å²) < 4.78 is 0.715. The van der Waals surface area contributed by atoms with E-state index in [4.69, 9.17) is 12.2 Å². The number of aryl methyl sites for hydroxylation is 1. The van der Waals surface area contributed by atoms with E-state index in [0.29, 0.717) is 4.64 Å². The second-order valence-corrected chi connectivity index (χ2v) is 4.75. The molecule has 0 saturated carbocycles. The van der Waals surface area contributed by atoms with Crippen LogP contribution in [0.25, 0.3) is 11.3 Å². The minimum absolute atomic E-state index is 0.715. The third-order valence-corrected chi connectivity index (χ3v) is 3.43. The van der Waals surface area contributed by atoms with E-state index in [0.717, 1.165) is 30.5 Å². The first-order valence-corrected chi connectivity index (χ1v) is 6.83. The first-order valence-electron chi connectivity index (χ1n) is 6.42. The van der Waals surface area contributed by atoms with Crippen molar-refractivity contribution in [2.24, 2.45) is 0 Å². The molecule has 0 aliphatic carbocycles. The lowest BCUT2D eigenvalue weighted by Crippen LogP contribution is -1.97. The highest BCUT2D eigenvalue weighted by atomic mass is 32.1. The largest absolute Gasteiger partial charge is 0.346 e. The van der Waals surface area contributed by atoms with Crippen molar-refractivity contribution in [1.82, 2.24) is 9.97 Å². The molecule has 0 amide bonds. The molecular formula is C15H18N2S. The van der Waals surface area contributed by atoms with Crippen LogP contribution in [0.1, 0.15) is 31.4 Å². The van der Waals surface area contributed by atoms with Crippen LogP contribution in [0, 0.1) is 4.64 Å². The lowest BCUT2D eigenvalue weighted by molar-refractivity contribution is 0.898. The number of H-pyrrole nitrogens is 1. The fraction of sp³-hybridized carbons (Fsp3) is 0.333. The third kappa shape index (κ3) is 2.67. The number of hydrogen-bond donors (Lipinski definition) is 1. The lowest BCUT2D eigenvalue weighted by atomic mass is 10.0. The van der Waals surface area contributed by atoms with Crippen molar-refractivity contribution >= 4 is 12.2 Å². The van der Waals surface area contributed by atoms with Crippen molar-refractivity contribution < 1.29 is 0 Å². The summed E-state index contributed by atoms with van der Waals surface area (Å²) >= 11 is 5.34. The second-order valence-electron chi connectivity index (χ2n) is 4.37. The molecule has 0 aliphatic rings. The minimum Gasteiger partial charge on any atom is -0.346 e. The third-order valence-electron chi connectivity index (χ3n) is 3.07. The molecule has 94 valence electrons. The number of benzene rings is 1. The highest BCUT2D eigenvalue weighted by Crippen LogP contribution is 2.23. The fourth-order valence-electron chi connectivity index (χ4n) is 2.11. The van der Waals surface area contributed by atoms with Crippen molar-refractivity contribution in [3.8, 4) is 11.3 Å². The van der Waals surface area contributed by atoms with E-state index in [-0.39, 0.29) is 0 Å². The molecule has 0 saturated heterocycles. The molecule has 0 aliphatic heterocycles. The van der Waals surface area contributed by atoms with Gasteiger partial charge in [-0.3, -0.25) is 0 Å². The van der Waals surface area contributed by atoms with E-state index >= 15 is 0 Å². The SMILES string of the molecule is CCCc1c(-c2cccc(CC)c2)[nH]cnc1=S. The average Bonchev–Trinajstić information content (AvgIpc) is 2.41. The Kier molecular flexibility index (Phi) is 4.26. The standard InChI is InChI=1S/C15H18N2S/c1-3-6-13-14(16-10-17-15(13)18)12-8-5-7-11(4-2)9-12/h5,7-10H,3-4,6H2,1-2H3,(H,16,17,18). The second kappa shape index (κ2) is 5.91. The van der Waals surface area contributed by atoms with E-state index in [9.17, 15) is 0 Å². The maximum Gasteiger partial charge on any atom is 0.133 e. The van der Waals surface area contributed by atoms with Crippen LogP contribution in [0.3, 0.4) is 0 Å². The molecule has 3 heteroatoms. The van der Waals surface area contributed by atoms with Gasteiger partial charge in [-0.25, -0.2) is 4.98 Å². The van der Waals surface area contributed by atoms with Gasteiger partial charge in [-0.2, -0.15) is 0 Å². The lowest BCUT2D eigenvalue weighted by Gasteiger charge is -2.09. The summed E-state index contributed by atoms with van der Waals surface area (Å²) in [6.45, 7) is 4.33. The Morgan fingerprint density at radius 2 is 2.11 bits per heavy atom. The first kappa shape index (κ1) is 13.0. The van der Waals surface area contributed by atoms with Crippen LogP contribution in [-0.2, 0) is 12.8 Å². The molecule has 1 aromatic heterocycles. The number of aromatic amines is 1. The maximum atomic E-state index is 5.34. The molecule has 0 radical (unpaired) electrons. The van der Waals surface area contributed by atoms with Crippen molar-refractivity contribution in [1.29, 1.82) is 0 Å². The summed E-state index contributed by atoms with van der Waals surface area (Å²) in [5.74, 6) is 0. The van der Waals surface area contributed by atoms with Gasteiger partial charge in [0.1, 0.15) is 4.64 Å². The molecule has 0 atom stereocenters. The van der Waals surface area contributed by atoms with Gasteiger partial charge in [-0.15, -0.1) is 0 Å². The van der Waals surface area contributed by atoms with Crippen LogP contribution in [-0.4, -0.2) is 9.97 Å². The Bertz CT molecular complexity index is 587. The van der Waals surface area contributed by atoms with Crippen molar-refractivity contribution in [2.45, 2.75) is 33.1 Å². The number of rotatable bonds is 4.